The van der Waals surface area contributed by atoms with Crippen LogP contribution in [0.1, 0.15) is 13.8 Å². The molecule has 2 aromatic rings. The Morgan fingerprint density at radius 2 is 1.41 bits per heavy atom. The molecule has 17 heavy (non-hydrogen) atoms. The van der Waals surface area contributed by atoms with Gasteiger partial charge < -0.3 is 10.1 Å². The number of benzene rings is 2. The number of nitrogens with one attached hydrogen (secondary N) is 1. The summed E-state index contributed by atoms with van der Waals surface area (Å²) in [5, 5.41) is 3.09. The van der Waals surface area contributed by atoms with Gasteiger partial charge in [-0.2, -0.15) is 0 Å². The molecular formula is C15H19NO. The summed E-state index contributed by atoms with van der Waals surface area (Å²) in [6.45, 7) is 4.00. The van der Waals surface area contributed by atoms with E-state index < -0.39 is 0 Å². The predicted molar refractivity (Wildman–Crippen MR) is 73.9 cm³/mol. The summed E-state index contributed by atoms with van der Waals surface area (Å²) in [6.07, 6.45) is 0. The van der Waals surface area contributed by atoms with Crippen molar-refractivity contribution in [1.29, 1.82) is 0 Å². The van der Waals surface area contributed by atoms with E-state index in [4.69, 9.17) is 4.74 Å². The standard InChI is InChI=1S/C13H13NO.C2H6/c1-14-12-9-5-6-10-13(12)15-11-7-3-2-4-8-11;1-2/h2-10,14H,1H3;1-2H3. The van der Waals surface area contributed by atoms with Gasteiger partial charge in [-0.25, -0.2) is 0 Å². The fourth-order valence-corrected chi connectivity index (χ4v) is 1.38. The molecule has 90 valence electrons. The highest BCUT2D eigenvalue weighted by atomic mass is 16.5. The highest BCUT2D eigenvalue weighted by molar-refractivity contribution is 5.56. The van der Waals surface area contributed by atoms with Crippen LogP contribution in [0.2, 0.25) is 0 Å². The minimum atomic E-state index is 0.839. The van der Waals surface area contributed by atoms with Crippen molar-refractivity contribution in [3.8, 4) is 11.5 Å². The number of hydrogen-bond acceptors (Lipinski definition) is 2. The van der Waals surface area contributed by atoms with Crippen LogP contribution in [0.15, 0.2) is 54.6 Å². The first kappa shape index (κ1) is 13.1. The third-order valence-electron chi connectivity index (χ3n) is 2.13. The second kappa shape index (κ2) is 7.34. The fourth-order valence-electron chi connectivity index (χ4n) is 1.38. The lowest BCUT2D eigenvalue weighted by Crippen LogP contribution is -1.92. The fraction of sp³-hybridized carbons (Fsp3) is 0.200. The van der Waals surface area contributed by atoms with Crippen molar-refractivity contribution in [2.45, 2.75) is 13.8 Å². The third-order valence-corrected chi connectivity index (χ3v) is 2.13. The van der Waals surface area contributed by atoms with Crippen LogP contribution in [0.5, 0.6) is 11.5 Å². The zero-order valence-electron chi connectivity index (χ0n) is 10.6. The SMILES string of the molecule is CC.CNc1ccccc1Oc1ccccc1. The molecule has 0 unspecified atom stereocenters. The van der Waals surface area contributed by atoms with Crippen molar-refractivity contribution in [3.63, 3.8) is 0 Å². The molecule has 0 heterocycles. The maximum atomic E-state index is 5.74. The molecule has 0 radical (unpaired) electrons. The Labute approximate surface area is 103 Å². The maximum Gasteiger partial charge on any atom is 0.150 e. The summed E-state index contributed by atoms with van der Waals surface area (Å²) in [5.74, 6) is 1.69. The Balaban J connectivity index is 0.000000686. The smallest absolute Gasteiger partial charge is 0.150 e. The lowest BCUT2D eigenvalue weighted by molar-refractivity contribution is 0.484. The highest BCUT2D eigenvalue weighted by Gasteiger charge is 2.00. The summed E-state index contributed by atoms with van der Waals surface area (Å²) >= 11 is 0. The summed E-state index contributed by atoms with van der Waals surface area (Å²) in [6, 6.07) is 17.6. The van der Waals surface area contributed by atoms with E-state index in [0.717, 1.165) is 17.2 Å². The molecule has 2 heteroatoms. The molecule has 0 aliphatic rings. The van der Waals surface area contributed by atoms with E-state index >= 15 is 0 Å². The van der Waals surface area contributed by atoms with Gasteiger partial charge in [0.05, 0.1) is 5.69 Å². The van der Waals surface area contributed by atoms with E-state index in [9.17, 15) is 0 Å². The van der Waals surface area contributed by atoms with Gasteiger partial charge in [0.15, 0.2) is 0 Å². The Morgan fingerprint density at radius 1 is 0.824 bits per heavy atom. The number of anilines is 1. The largest absolute Gasteiger partial charge is 0.455 e. The van der Waals surface area contributed by atoms with Crippen LogP contribution < -0.4 is 10.1 Å². The molecule has 0 saturated carbocycles. The monoisotopic (exact) mass is 229 g/mol. The number of rotatable bonds is 3. The third kappa shape index (κ3) is 3.83. The Kier molecular flexibility index (Phi) is 5.66. The highest BCUT2D eigenvalue weighted by Crippen LogP contribution is 2.28. The van der Waals surface area contributed by atoms with Gasteiger partial charge in [0.1, 0.15) is 11.5 Å². The van der Waals surface area contributed by atoms with E-state index in [1.54, 1.807) is 0 Å². The molecule has 0 spiro atoms. The minimum Gasteiger partial charge on any atom is -0.455 e. The molecule has 0 aliphatic heterocycles. The normalized spacial score (nSPS) is 8.88. The van der Waals surface area contributed by atoms with Gasteiger partial charge in [-0.3, -0.25) is 0 Å². The van der Waals surface area contributed by atoms with E-state index in [1.807, 2.05) is 75.5 Å². The quantitative estimate of drug-likeness (QED) is 0.833. The number of para-hydroxylation sites is 3. The van der Waals surface area contributed by atoms with E-state index in [2.05, 4.69) is 5.32 Å². The minimum absolute atomic E-state index is 0.839. The van der Waals surface area contributed by atoms with Crippen molar-refractivity contribution in [2.24, 2.45) is 0 Å². The Bertz CT molecular complexity index is 426. The Morgan fingerprint density at radius 3 is 2.06 bits per heavy atom. The average molecular weight is 229 g/mol. The molecule has 1 N–H and O–H groups in total. The van der Waals surface area contributed by atoms with E-state index in [1.165, 1.54) is 0 Å². The number of hydrogen-bond donors (Lipinski definition) is 1. The van der Waals surface area contributed by atoms with Gasteiger partial charge in [0.25, 0.3) is 0 Å². The van der Waals surface area contributed by atoms with Gasteiger partial charge >= 0.3 is 0 Å². The van der Waals surface area contributed by atoms with Crippen LogP contribution in [0.4, 0.5) is 5.69 Å². The first-order chi connectivity index (χ1) is 8.40. The first-order valence-corrected chi connectivity index (χ1v) is 5.90. The van der Waals surface area contributed by atoms with Crippen molar-refractivity contribution < 1.29 is 4.74 Å². The molecule has 0 fully saturated rings. The van der Waals surface area contributed by atoms with E-state index in [0.29, 0.717) is 0 Å². The van der Waals surface area contributed by atoms with Crippen LogP contribution in [-0.4, -0.2) is 7.05 Å². The molecule has 2 nitrogen and oxygen atoms in total. The molecule has 0 amide bonds. The summed E-state index contributed by atoms with van der Waals surface area (Å²) in [5.41, 5.74) is 0.987. The number of ether oxygens (including phenoxy) is 1. The molecule has 2 aromatic carbocycles. The van der Waals surface area contributed by atoms with Crippen LogP contribution in [-0.2, 0) is 0 Å². The first-order valence-electron chi connectivity index (χ1n) is 5.90. The maximum absolute atomic E-state index is 5.74. The molecule has 0 aliphatic carbocycles. The average Bonchev–Trinajstić information content (AvgIpc) is 2.43. The van der Waals surface area contributed by atoms with Crippen LogP contribution in [0.25, 0.3) is 0 Å². The second-order valence-electron chi connectivity index (χ2n) is 3.16. The summed E-state index contributed by atoms with van der Waals surface area (Å²) in [7, 11) is 1.88. The van der Waals surface area contributed by atoms with Gasteiger partial charge in [-0.1, -0.05) is 44.2 Å². The van der Waals surface area contributed by atoms with Gasteiger partial charge in [0, 0.05) is 7.05 Å². The molecule has 0 bridgehead atoms. The zero-order chi connectivity index (χ0) is 12.5. The van der Waals surface area contributed by atoms with Crippen LogP contribution in [0.3, 0.4) is 0 Å². The zero-order valence-corrected chi connectivity index (χ0v) is 10.6. The van der Waals surface area contributed by atoms with Gasteiger partial charge in [-0.05, 0) is 24.3 Å². The lowest BCUT2D eigenvalue weighted by Gasteiger charge is -2.09. The summed E-state index contributed by atoms with van der Waals surface area (Å²) < 4.78 is 5.74. The van der Waals surface area contributed by atoms with Gasteiger partial charge in [-0.15, -0.1) is 0 Å². The summed E-state index contributed by atoms with van der Waals surface area (Å²) in [4.78, 5) is 0. The molecule has 0 saturated heterocycles. The van der Waals surface area contributed by atoms with Crippen molar-refractivity contribution in [1.82, 2.24) is 0 Å². The molecular weight excluding hydrogens is 210 g/mol. The van der Waals surface area contributed by atoms with Gasteiger partial charge in [0.2, 0.25) is 0 Å². The van der Waals surface area contributed by atoms with Crippen LogP contribution >= 0.6 is 0 Å². The molecule has 0 aromatic heterocycles. The molecule has 0 atom stereocenters. The van der Waals surface area contributed by atoms with Crippen LogP contribution in [0, 0.1) is 0 Å². The lowest BCUT2D eigenvalue weighted by atomic mass is 10.3. The second-order valence-corrected chi connectivity index (χ2v) is 3.16. The van der Waals surface area contributed by atoms with Crippen molar-refractivity contribution in [3.05, 3.63) is 54.6 Å². The van der Waals surface area contributed by atoms with Crippen molar-refractivity contribution >= 4 is 5.69 Å². The molecule has 2 rings (SSSR count). The van der Waals surface area contributed by atoms with Crippen molar-refractivity contribution in [2.75, 3.05) is 12.4 Å². The topological polar surface area (TPSA) is 21.3 Å². The van der Waals surface area contributed by atoms with E-state index in [-0.39, 0.29) is 0 Å². The Hall–Kier alpha value is -1.96. The predicted octanol–water partition coefficient (Wildman–Crippen LogP) is 4.55.